The van der Waals surface area contributed by atoms with Gasteiger partial charge in [-0.1, -0.05) is 54.6 Å². The topological polar surface area (TPSA) is 46.5 Å². The molecule has 0 aliphatic heterocycles. The molecule has 0 radical (unpaired) electrons. The van der Waals surface area contributed by atoms with Crippen LogP contribution in [0.5, 0.6) is 5.75 Å². The quantitative estimate of drug-likeness (QED) is 0.660. The molecule has 26 heavy (non-hydrogen) atoms. The average Bonchev–Trinajstić information content (AvgIpc) is 2.66. The summed E-state index contributed by atoms with van der Waals surface area (Å²) >= 11 is 0. The number of carboxylic acids is 1. The summed E-state index contributed by atoms with van der Waals surface area (Å²) in [5, 5.41) is 9.26. The van der Waals surface area contributed by atoms with Crippen LogP contribution in [0.3, 0.4) is 0 Å². The number of para-hydroxylation sites is 1. The van der Waals surface area contributed by atoms with E-state index in [2.05, 4.69) is 0 Å². The molecule has 0 unspecified atom stereocenters. The first-order valence-corrected chi connectivity index (χ1v) is 8.40. The Labute approximate surface area is 151 Å². The summed E-state index contributed by atoms with van der Waals surface area (Å²) in [4.78, 5) is 11.3. The summed E-state index contributed by atoms with van der Waals surface area (Å²) in [6.45, 7) is 0.442. The number of hydrogen-bond acceptors (Lipinski definition) is 2. The van der Waals surface area contributed by atoms with Crippen molar-refractivity contribution < 1.29 is 19.0 Å². The predicted molar refractivity (Wildman–Crippen MR) is 98.0 cm³/mol. The minimum Gasteiger partial charge on any atom is -0.489 e. The zero-order valence-electron chi connectivity index (χ0n) is 14.2. The monoisotopic (exact) mass is 350 g/mol. The number of carboxylic acid groups (broad SMARTS) is 1. The van der Waals surface area contributed by atoms with Crippen LogP contribution in [0.1, 0.15) is 27.0 Å². The number of ether oxygens (including phenoxy) is 1. The van der Waals surface area contributed by atoms with Crippen LogP contribution in [0.2, 0.25) is 0 Å². The highest BCUT2D eigenvalue weighted by atomic mass is 19.1. The fourth-order valence-corrected chi connectivity index (χ4v) is 2.86. The third-order valence-electron chi connectivity index (χ3n) is 4.20. The summed E-state index contributed by atoms with van der Waals surface area (Å²) in [7, 11) is 0. The smallest absolute Gasteiger partial charge is 0.336 e. The van der Waals surface area contributed by atoms with E-state index in [9.17, 15) is 14.3 Å². The van der Waals surface area contributed by atoms with E-state index in [0.29, 0.717) is 19.4 Å². The van der Waals surface area contributed by atoms with E-state index in [1.807, 2.05) is 54.6 Å². The first-order chi connectivity index (χ1) is 12.6. The van der Waals surface area contributed by atoms with Crippen LogP contribution in [0.4, 0.5) is 4.39 Å². The van der Waals surface area contributed by atoms with Gasteiger partial charge >= 0.3 is 5.97 Å². The van der Waals surface area contributed by atoms with Gasteiger partial charge in [-0.2, -0.15) is 0 Å². The fourth-order valence-electron chi connectivity index (χ4n) is 2.86. The third kappa shape index (κ3) is 4.28. The molecule has 1 N–H and O–H groups in total. The van der Waals surface area contributed by atoms with Crippen LogP contribution in [0.25, 0.3) is 0 Å². The number of carbonyl (C=O) groups is 1. The molecule has 0 bridgehead atoms. The maximum absolute atomic E-state index is 14.1. The van der Waals surface area contributed by atoms with Gasteiger partial charge < -0.3 is 9.84 Å². The predicted octanol–water partition coefficient (Wildman–Crippen LogP) is 4.89. The third-order valence-corrected chi connectivity index (χ3v) is 4.20. The lowest BCUT2D eigenvalue weighted by molar-refractivity contribution is 0.0695. The minimum atomic E-state index is -1.12. The lowest BCUT2D eigenvalue weighted by Crippen LogP contribution is -2.07. The number of hydrogen-bond donors (Lipinski definition) is 1. The Bertz CT molecular complexity index is 891. The Kier molecular flexibility index (Phi) is 5.64. The number of benzene rings is 3. The Morgan fingerprint density at radius 3 is 2.38 bits per heavy atom. The van der Waals surface area contributed by atoms with E-state index in [0.717, 1.165) is 16.9 Å². The standard InChI is InChI=1S/C22H19FO3/c23-20-11-6-10-19(22(24)25)18(20)14-13-17-9-4-5-12-21(17)26-15-16-7-2-1-3-8-16/h1-12H,13-15H2,(H,24,25). The van der Waals surface area contributed by atoms with Gasteiger partial charge in [0, 0.05) is 5.56 Å². The molecule has 0 saturated heterocycles. The summed E-state index contributed by atoms with van der Waals surface area (Å²) in [6, 6.07) is 21.5. The molecule has 3 aromatic carbocycles. The minimum absolute atomic E-state index is 0.00712. The molecule has 0 aliphatic carbocycles. The second-order valence-electron chi connectivity index (χ2n) is 5.95. The molecule has 0 aliphatic rings. The van der Waals surface area contributed by atoms with Crippen LogP contribution in [0, 0.1) is 5.82 Å². The van der Waals surface area contributed by atoms with E-state index in [1.165, 1.54) is 18.2 Å². The van der Waals surface area contributed by atoms with Crippen LogP contribution < -0.4 is 4.74 Å². The number of halogens is 1. The van der Waals surface area contributed by atoms with Crippen molar-refractivity contribution in [3.8, 4) is 5.75 Å². The molecule has 3 aromatic rings. The molecular weight excluding hydrogens is 331 g/mol. The molecule has 0 saturated carbocycles. The van der Waals surface area contributed by atoms with Gasteiger partial charge in [-0.15, -0.1) is 0 Å². The summed E-state index contributed by atoms with van der Waals surface area (Å²) in [6.07, 6.45) is 0.784. The molecule has 0 spiro atoms. The Hall–Kier alpha value is -3.14. The van der Waals surface area contributed by atoms with E-state index in [4.69, 9.17) is 4.74 Å². The molecular formula is C22H19FO3. The second-order valence-corrected chi connectivity index (χ2v) is 5.95. The zero-order chi connectivity index (χ0) is 18.4. The summed E-state index contributed by atoms with van der Waals surface area (Å²) in [5.74, 6) is -0.884. The van der Waals surface area contributed by atoms with Crippen LogP contribution in [-0.2, 0) is 19.4 Å². The molecule has 0 atom stereocenters. The van der Waals surface area contributed by atoms with Crippen LogP contribution in [-0.4, -0.2) is 11.1 Å². The molecule has 0 fully saturated rings. The van der Waals surface area contributed by atoms with Gasteiger partial charge in [-0.25, -0.2) is 9.18 Å². The normalized spacial score (nSPS) is 10.5. The summed E-state index contributed by atoms with van der Waals surface area (Å²) < 4.78 is 20.0. The molecule has 0 amide bonds. The van der Waals surface area contributed by atoms with Gasteiger partial charge in [0.25, 0.3) is 0 Å². The van der Waals surface area contributed by atoms with E-state index >= 15 is 0 Å². The molecule has 3 rings (SSSR count). The lowest BCUT2D eigenvalue weighted by atomic mass is 9.99. The van der Waals surface area contributed by atoms with Crippen molar-refractivity contribution in [1.82, 2.24) is 0 Å². The van der Waals surface area contributed by atoms with Crippen molar-refractivity contribution >= 4 is 5.97 Å². The first kappa shape index (κ1) is 17.7. The van der Waals surface area contributed by atoms with E-state index in [1.54, 1.807) is 0 Å². The highest BCUT2D eigenvalue weighted by Crippen LogP contribution is 2.23. The zero-order valence-corrected chi connectivity index (χ0v) is 14.2. The molecule has 0 heterocycles. The van der Waals surface area contributed by atoms with Crippen LogP contribution in [0.15, 0.2) is 72.8 Å². The van der Waals surface area contributed by atoms with Crippen LogP contribution >= 0.6 is 0 Å². The Morgan fingerprint density at radius 1 is 0.885 bits per heavy atom. The molecule has 132 valence electrons. The SMILES string of the molecule is O=C(O)c1cccc(F)c1CCc1ccccc1OCc1ccccc1. The highest BCUT2D eigenvalue weighted by molar-refractivity contribution is 5.89. The van der Waals surface area contributed by atoms with E-state index in [-0.39, 0.29) is 11.1 Å². The maximum Gasteiger partial charge on any atom is 0.336 e. The Balaban J connectivity index is 1.74. The maximum atomic E-state index is 14.1. The number of aromatic carboxylic acids is 1. The molecule has 4 heteroatoms. The highest BCUT2D eigenvalue weighted by Gasteiger charge is 2.15. The number of rotatable bonds is 7. The van der Waals surface area contributed by atoms with Crippen molar-refractivity contribution in [2.45, 2.75) is 19.4 Å². The average molecular weight is 350 g/mol. The van der Waals surface area contributed by atoms with Gasteiger partial charge in [0.1, 0.15) is 18.2 Å². The van der Waals surface area contributed by atoms with Gasteiger partial charge in [-0.3, -0.25) is 0 Å². The van der Waals surface area contributed by atoms with Crippen molar-refractivity contribution in [1.29, 1.82) is 0 Å². The molecule has 3 nitrogen and oxygen atoms in total. The molecule has 0 aromatic heterocycles. The van der Waals surface area contributed by atoms with E-state index < -0.39 is 11.8 Å². The van der Waals surface area contributed by atoms with Crippen molar-refractivity contribution in [3.05, 3.63) is 101 Å². The summed E-state index contributed by atoms with van der Waals surface area (Å²) in [5.41, 5.74) is 2.21. The van der Waals surface area contributed by atoms with Crippen molar-refractivity contribution in [3.63, 3.8) is 0 Å². The van der Waals surface area contributed by atoms with Gasteiger partial charge in [0.05, 0.1) is 5.56 Å². The van der Waals surface area contributed by atoms with Crippen molar-refractivity contribution in [2.75, 3.05) is 0 Å². The largest absolute Gasteiger partial charge is 0.489 e. The second kappa shape index (κ2) is 8.30. The number of aryl methyl sites for hydroxylation is 1. The van der Waals surface area contributed by atoms with Gasteiger partial charge in [-0.05, 0) is 42.2 Å². The lowest BCUT2D eigenvalue weighted by Gasteiger charge is -2.13. The Morgan fingerprint density at radius 2 is 1.62 bits per heavy atom. The van der Waals surface area contributed by atoms with Gasteiger partial charge in [0.15, 0.2) is 0 Å². The fraction of sp³-hybridized carbons (Fsp3) is 0.136. The first-order valence-electron chi connectivity index (χ1n) is 8.40. The van der Waals surface area contributed by atoms with Crippen molar-refractivity contribution in [2.24, 2.45) is 0 Å². The van der Waals surface area contributed by atoms with Gasteiger partial charge in [0.2, 0.25) is 0 Å².